The van der Waals surface area contributed by atoms with E-state index >= 15 is 0 Å². The summed E-state index contributed by atoms with van der Waals surface area (Å²) in [7, 11) is 0. The summed E-state index contributed by atoms with van der Waals surface area (Å²) in [6.45, 7) is 3.25. The molecule has 0 bridgehead atoms. The van der Waals surface area contributed by atoms with Crippen LogP contribution in [0.25, 0.3) is 0 Å². The number of amides is 3. The number of carbonyl (C=O) groups is 4. The first-order valence-electron chi connectivity index (χ1n) is 8.56. The van der Waals surface area contributed by atoms with E-state index in [1.807, 2.05) is 0 Å². The molecule has 0 saturated heterocycles. The number of ether oxygens (including phenoxy) is 1. The molecule has 1 aromatic heterocycles. The normalized spacial score (nSPS) is 10.1. The Morgan fingerprint density at radius 1 is 1.07 bits per heavy atom. The largest absolute Gasteiger partial charge is 0.459 e. The first-order valence-corrected chi connectivity index (χ1v) is 8.56. The Hall–Kier alpha value is -3.62. The highest BCUT2D eigenvalue weighted by Crippen LogP contribution is 2.19. The molecule has 3 N–H and O–H groups in total. The zero-order chi connectivity index (χ0) is 20.5. The number of rotatable bonds is 8. The van der Waals surface area contributed by atoms with Crippen molar-refractivity contribution in [2.75, 3.05) is 25.0 Å². The number of hydrogen-bond donors (Lipinski definition) is 3. The van der Waals surface area contributed by atoms with E-state index < -0.39 is 24.4 Å². The number of benzene rings is 1. The zero-order valence-corrected chi connectivity index (χ0v) is 15.5. The van der Waals surface area contributed by atoms with Gasteiger partial charge in [-0.1, -0.05) is 6.07 Å². The van der Waals surface area contributed by atoms with E-state index in [1.54, 1.807) is 26.0 Å². The third-order valence-electron chi connectivity index (χ3n) is 3.62. The van der Waals surface area contributed by atoms with Crippen LogP contribution in [-0.2, 0) is 14.3 Å². The molecule has 2 aromatic rings. The van der Waals surface area contributed by atoms with Crippen molar-refractivity contribution in [3.05, 3.63) is 53.5 Å². The molecule has 0 saturated carbocycles. The fourth-order valence-electron chi connectivity index (χ4n) is 2.18. The fraction of sp³-hybridized carbons (Fsp3) is 0.263. The van der Waals surface area contributed by atoms with Gasteiger partial charge < -0.3 is 25.1 Å². The molecule has 0 spiro atoms. The van der Waals surface area contributed by atoms with Gasteiger partial charge in [-0.2, -0.15) is 0 Å². The van der Waals surface area contributed by atoms with E-state index in [2.05, 4.69) is 16.0 Å². The second kappa shape index (κ2) is 9.91. The van der Waals surface area contributed by atoms with Gasteiger partial charge in [-0.15, -0.1) is 0 Å². The number of aryl methyl sites for hydroxylation is 1. The van der Waals surface area contributed by atoms with Crippen LogP contribution in [0.5, 0.6) is 0 Å². The maximum atomic E-state index is 12.2. The van der Waals surface area contributed by atoms with Crippen molar-refractivity contribution in [2.45, 2.75) is 13.8 Å². The Morgan fingerprint density at radius 2 is 1.86 bits per heavy atom. The molecule has 2 rings (SSSR count). The summed E-state index contributed by atoms with van der Waals surface area (Å²) in [5.74, 6) is -1.99. The minimum atomic E-state index is -0.735. The SMILES string of the molecule is CCNC(=O)CNC(=O)COC(=O)c1ccc(C)c(NC(=O)c2ccco2)c1. The van der Waals surface area contributed by atoms with E-state index in [0.29, 0.717) is 12.2 Å². The fourth-order valence-corrected chi connectivity index (χ4v) is 2.18. The van der Waals surface area contributed by atoms with Crippen LogP contribution in [0, 0.1) is 6.92 Å². The average Bonchev–Trinajstić information content (AvgIpc) is 3.21. The van der Waals surface area contributed by atoms with Crippen LogP contribution < -0.4 is 16.0 Å². The number of esters is 1. The zero-order valence-electron chi connectivity index (χ0n) is 15.5. The quantitative estimate of drug-likeness (QED) is 0.585. The Labute approximate surface area is 161 Å². The number of likely N-dealkylation sites (N-methyl/N-ethyl adjacent to an activating group) is 1. The van der Waals surface area contributed by atoms with E-state index in [9.17, 15) is 19.2 Å². The molecule has 0 atom stereocenters. The van der Waals surface area contributed by atoms with Crippen LogP contribution in [0.1, 0.15) is 33.4 Å². The van der Waals surface area contributed by atoms with E-state index in [0.717, 1.165) is 5.56 Å². The number of nitrogens with one attached hydrogen (secondary N) is 3. The van der Waals surface area contributed by atoms with Crippen molar-refractivity contribution in [3.63, 3.8) is 0 Å². The van der Waals surface area contributed by atoms with Crippen molar-refractivity contribution in [1.82, 2.24) is 10.6 Å². The molecule has 9 heteroatoms. The molecule has 0 aliphatic heterocycles. The smallest absolute Gasteiger partial charge is 0.338 e. The number of carbonyl (C=O) groups excluding carboxylic acids is 4. The molecule has 28 heavy (non-hydrogen) atoms. The van der Waals surface area contributed by atoms with Gasteiger partial charge in [0.15, 0.2) is 12.4 Å². The first kappa shape index (κ1) is 20.7. The predicted octanol–water partition coefficient (Wildman–Crippen LogP) is 1.25. The minimum Gasteiger partial charge on any atom is -0.459 e. The molecule has 0 unspecified atom stereocenters. The van der Waals surface area contributed by atoms with Gasteiger partial charge in [0.25, 0.3) is 11.8 Å². The molecule has 0 fully saturated rings. The van der Waals surface area contributed by atoms with Crippen LogP contribution in [0.3, 0.4) is 0 Å². The summed E-state index contributed by atoms with van der Waals surface area (Å²) in [5.41, 5.74) is 1.31. The molecule has 9 nitrogen and oxygen atoms in total. The van der Waals surface area contributed by atoms with Crippen LogP contribution in [0.15, 0.2) is 41.0 Å². The number of anilines is 1. The van der Waals surface area contributed by atoms with E-state index in [4.69, 9.17) is 9.15 Å². The molecule has 0 aliphatic carbocycles. The lowest BCUT2D eigenvalue weighted by molar-refractivity contribution is -0.127. The standard InChI is InChI=1S/C19H21N3O6/c1-3-20-16(23)10-21-17(24)11-28-19(26)13-7-6-12(2)14(9-13)22-18(25)15-5-4-8-27-15/h4-9H,3,10-11H2,1-2H3,(H,20,23)(H,21,24)(H,22,25). The van der Waals surface area contributed by atoms with E-state index in [-0.39, 0.29) is 23.8 Å². The third kappa shape index (κ3) is 5.97. The molecule has 148 valence electrons. The maximum absolute atomic E-state index is 12.2. The molecule has 1 aromatic carbocycles. The van der Waals surface area contributed by atoms with Crippen molar-refractivity contribution in [3.8, 4) is 0 Å². The van der Waals surface area contributed by atoms with Gasteiger partial charge in [-0.05, 0) is 43.7 Å². The lowest BCUT2D eigenvalue weighted by Gasteiger charge is -2.10. The summed E-state index contributed by atoms with van der Waals surface area (Å²) in [5, 5.41) is 7.52. The lowest BCUT2D eigenvalue weighted by atomic mass is 10.1. The Kier molecular flexibility index (Phi) is 7.32. The summed E-state index contributed by atoms with van der Waals surface area (Å²) < 4.78 is 9.97. The number of furan rings is 1. The van der Waals surface area contributed by atoms with Gasteiger partial charge in [0, 0.05) is 12.2 Å². The summed E-state index contributed by atoms with van der Waals surface area (Å²) in [4.78, 5) is 47.2. The van der Waals surface area contributed by atoms with Gasteiger partial charge in [0.05, 0.1) is 18.4 Å². The lowest BCUT2D eigenvalue weighted by Crippen LogP contribution is -2.38. The first-order chi connectivity index (χ1) is 13.4. The summed E-state index contributed by atoms with van der Waals surface area (Å²) >= 11 is 0. The highest BCUT2D eigenvalue weighted by molar-refractivity contribution is 6.03. The highest BCUT2D eigenvalue weighted by atomic mass is 16.5. The monoisotopic (exact) mass is 387 g/mol. The van der Waals surface area contributed by atoms with Crippen LogP contribution >= 0.6 is 0 Å². The van der Waals surface area contributed by atoms with Crippen molar-refractivity contribution in [1.29, 1.82) is 0 Å². The molecular formula is C19H21N3O6. The van der Waals surface area contributed by atoms with Crippen LogP contribution in [0.4, 0.5) is 5.69 Å². The topological polar surface area (TPSA) is 127 Å². The van der Waals surface area contributed by atoms with Gasteiger partial charge in [0.1, 0.15) is 0 Å². The molecule has 1 heterocycles. The van der Waals surface area contributed by atoms with Crippen molar-refractivity contribution < 1.29 is 28.3 Å². The van der Waals surface area contributed by atoms with Gasteiger partial charge in [-0.25, -0.2) is 4.79 Å². The van der Waals surface area contributed by atoms with Gasteiger partial charge in [-0.3, -0.25) is 14.4 Å². The molecule has 0 radical (unpaired) electrons. The van der Waals surface area contributed by atoms with Crippen LogP contribution in [-0.4, -0.2) is 43.4 Å². The predicted molar refractivity (Wildman–Crippen MR) is 99.8 cm³/mol. The molecule has 0 aliphatic rings. The van der Waals surface area contributed by atoms with Gasteiger partial charge in [0.2, 0.25) is 5.91 Å². The van der Waals surface area contributed by atoms with Crippen molar-refractivity contribution in [2.24, 2.45) is 0 Å². The number of hydrogen-bond acceptors (Lipinski definition) is 6. The maximum Gasteiger partial charge on any atom is 0.338 e. The second-order valence-corrected chi connectivity index (χ2v) is 5.77. The Morgan fingerprint density at radius 3 is 2.54 bits per heavy atom. The summed E-state index contributed by atoms with van der Waals surface area (Å²) in [6.07, 6.45) is 1.38. The summed E-state index contributed by atoms with van der Waals surface area (Å²) in [6, 6.07) is 7.72. The molecule has 3 amide bonds. The highest BCUT2D eigenvalue weighted by Gasteiger charge is 2.15. The Bertz CT molecular complexity index is 861. The minimum absolute atomic E-state index is 0.135. The molecular weight excluding hydrogens is 366 g/mol. The van der Waals surface area contributed by atoms with Crippen molar-refractivity contribution >= 4 is 29.4 Å². The average molecular weight is 387 g/mol. The third-order valence-corrected chi connectivity index (χ3v) is 3.62. The second-order valence-electron chi connectivity index (χ2n) is 5.77. The van der Waals surface area contributed by atoms with Crippen LogP contribution in [0.2, 0.25) is 0 Å². The van der Waals surface area contributed by atoms with Gasteiger partial charge >= 0.3 is 5.97 Å². The van der Waals surface area contributed by atoms with E-state index in [1.165, 1.54) is 24.5 Å². The Balaban J connectivity index is 1.92.